The van der Waals surface area contributed by atoms with Gasteiger partial charge in [-0.25, -0.2) is 8.78 Å². The van der Waals surface area contributed by atoms with E-state index in [0.29, 0.717) is 6.07 Å². The smallest absolute Gasteiger partial charge is 0.313 e. The third-order valence-corrected chi connectivity index (χ3v) is 2.68. The highest BCUT2D eigenvalue weighted by atomic mass is 19.1. The molecule has 0 aliphatic carbocycles. The standard InChI is InChI=1S/C13H13F2N3O2/c1-8(3-4-16)18(2)13(20)12(19)17-11-6-9(14)5-10(15)7-11/h5-8H,3H2,1-2H3,(H,17,19)/t8-/m1/s1. The number of hydrogen-bond donors (Lipinski definition) is 1. The van der Waals surface area contributed by atoms with Crippen molar-refractivity contribution < 1.29 is 18.4 Å². The summed E-state index contributed by atoms with van der Waals surface area (Å²) in [5.41, 5.74) is -0.151. The molecule has 2 amide bonds. The summed E-state index contributed by atoms with van der Waals surface area (Å²) >= 11 is 0. The largest absolute Gasteiger partial charge is 0.334 e. The number of nitrogens with zero attached hydrogens (tertiary/aromatic N) is 2. The van der Waals surface area contributed by atoms with Crippen LogP contribution in [0.1, 0.15) is 13.3 Å². The molecule has 0 heterocycles. The lowest BCUT2D eigenvalue weighted by Gasteiger charge is -2.22. The van der Waals surface area contributed by atoms with E-state index in [1.54, 1.807) is 6.92 Å². The molecule has 5 nitrogen and oxygen atoms in total. The number of likely N-dealkylation sites (N-methyl/N-ethyl adjacent to an activating group) is 1. The molecule has 106 valence electrons. The Morgan fingerprint density at radius 2 is 1.90 bits per heavy atom. The maximum absolute atomic E-state index is 12.9. The van der Waals surface area contributed by atoms with Gasteiger partial charge in [0.1, 0.15) is 11.6 Å². The fraction of sp³-hybridized carbons (Fsp3) is 0.308. The molecule has 20 heavy (non-hydrogen) atoms. The number of anilines is 1. The first-order valence-electron chi connectivity index (χ1n) is 5.76. The van der Waals surface area contributed by atoms with Crippen molar-refractivity contribution in [1.82, 2.24) is 4.90 Å². The van der Waals surface area contributed by atoms with Gasteiger partial charge in [-0.2, -0.15) is 5.26 Å². The Balaban J connectivity index is 2.75. The van der Waals surface area contributed by atoms with E-state index < -0.39 is 29.5 Å². The van der Waals surface area contributed by atoms with Crippen molar-refractivity contribution >= 4 is 17.5 Å². The zero-order chi connectivity index (χ0) is 15.3. The van der Waals surface area contributed by atoms with Crippen LogP contribution in [0.25, 0.3) is 0 Å². The second kappa shape index (κ2) is 6.61. The van der Waals surface area contributed by atoms with E-state index in [4.69, 9.17) is 5.26 Å². The number of carbonyl (C=O) groups is 2. The van der Waals surface area contributed by atoms with Gasteiger partial charge in [0.25, 0.3) is 0 Å². The SMILES string of the molecule is C[C@H](CC#N)N(C)C(=O)C(=O)Nc1cc(F)cc(F)c1. The van der Waals surface area contributed by atoms with Crippen molar-refractivity contribution in [2.75, 3.05) is 12.4 Å². The van der Waals surface area contributed by atoms with Crippen LogP contribution in [0.5, 0.6) is 0 Å². The first-order chi connectivity index (χ1) is 9.35. The number of halogens is 2. The third kappa shape index (κ3) is 4.02. The van der Waals surface area contributed by atoms with E-state index in [2.05, 4.69) is 5.32 Å². The first kappa shape index (κ1) is 15.6. The monoisotopic (exact) mass is 281 g/mol. The Bertz CT molecular complexity index is 549. The average molecular weight is 281 g/mol. The molecule has 0 aliphatic rings. The van der Waals surface area contributed by atoms with Crippen molar-refractivity contribution in [3.8, 4) is 6.07 Å². The number of rotatable bonds is 3. The molecule has 0 saturated heterocycles. The number of hydrogen-bond acceptors (Lipinski definition) is 3. The minimum absolute atomic E-state index is 0.0735. The maximum Gasteiger partial charge on any atom is 0.313 e. The zero-order valence-corrected chi connectivity index (χ0v) is 11.0. The van der Waals surface area contributed by atoms with Crippen LogP contribution < -0.4 is 5.32 Å². The summed E-state index contributed by atoms with van der Waals surface area (Å²) in [4.78, 5) is 24.5. The van der Waals surface area contributed by atoms with E-state index >= 15 is 0 Å². The zero-order valence-electron chi connectivity index (χ0n) is 11.0. The highest BCUT2D eigenvalue weighted by Gasteiger charge is 2.23. The number of amides is 2. The topological polar surface area (TPSA) is 73.2 Å². The van der Waals surface area contributed by atoms with Gasteiger partial charge in [-0.05, 0) is 19.1 Å². The summed E-state index contributed by atoms with van der Waals surface area (Å²) in [6, 6.07) is 3.88. The van der Waals surface area contributed by atoms with Gasteiger partial charge in [0.2, 0.25) is 0 Å². The minimum Gasteiger partial charge on any atom is -0.334 e. The summed E-state index contributed by atoms with van der Waals surface area (Å²) in [5.74, 6) is -3.64. The summed E-state index contributed by atoms with van der Waals surface area (Å²) in [6.45, 7) is 1.61. The Hall–Kier alpha value is -2.49. The Labute approximate surface area is 114 Å². The number of benzene rings is 1. The molecule has 1 N–H and O–H groups in total. The molecule has 0 fully saturated rings. The maximum atomic E-state index is 12.9. The second-order valence-electron chi connectivity index (χ2n) is 4.24. The van der Waals surface area contributed by atoms with Crippen LogP contribution in [0.4, 0.5) is 14.5 Å². The summed E-state index contributed by atoms with van der Waals surface area (Å²) in [6.07, 6.45) is 0.0735. The van der Waals surface area contributed by atoms with Gasteiger partial charge in [-0.15, -0.1) is 0 Å². The molecular weight excluding hydrogens is 268 g/mol. The third-order valence-electron chi connectivity index (χ3n) is 2.68. The van der Waals surface area contributed by atoms with Gasteiger partial charge in [-0.1, -0.05) is 0 Å². The van der Waals surface area contributed by atoms with Gasteiger partial charge in [0.05, 0.1) is 12.5 Å². The summed E-state index contributed by atoms with van der Waals surface area (Å²) in [7, 11) is 1.37. The highest BCUT2D eigenvalue weighted by molar-refractivity contribution is 6.39. The molecular formula is C13H13F2N3O2. The van der Waals surface area contributed by atoms with Crippen molar-refractivity contribution in [2.24, 2.45) is 0 Å². The minimum atomic E-state index is -1.03. The lowest BCUT2D eigenvalue weighted by atomic mass is 10.2. The van der Waals surface area contributed by atoms with Crippen LogP contribution >= 0.6 is 0 Å². The molecule has 0 saturated carbocycles. The number of nitrogens with one attached hydrogen (secondary N) is 1. The Morgan fingerprint density at radius 3 is 2.40 bits per heavy atom. The van der Waals surface area contributed by atoms with E-state index in [1.807, 2.05) is 6.07 Å². The van der Waals surface area contributed by atoms with Crippen molar-refractivity contribution in [2.45, 2.75) is 19.4 Å². The molecule has 0 aliphatic heterocycles. The van der Waals surface area contributed by atoms with Crippen LogP contribution in [0.2, 0.25) is 0 Å². The average Bonchev–Trinajstić information content (AvgIpc) is 2.35. The molecule has 0 unspecified atom stereocenters. The van der Waals surface area contributed by atoms with Gasteiger partial charge in [-0.3, -0.25) is 9.59 Å². The predicted molar refractivity (Wildman–Crippen MR) is 67.4 cm³/mol. The molecule has 0 radical (unpaired) electrons. The molecule has 0 bridgehead atoms. The molecule has 1 atom stereocenters. The first-order valence-corrected chi connectivity index (χ1v) is 5.76. The summed E-state index contributed by atoms with van der Waals surface area (Å²) in [5, 5.41) is 10.6. The van der Waals surface area contributed by atoms with Crippen molar-refractivity contribution in [1.29, 1.82) is 5.26 Å². The lowest BCUT2D eigenvalue weighted by molar-refractivity contribution is -0.143. The quantitative estimate of drug-likeness (QED) is 0.856. The van der Waals surface area contributed by atoms with Gasteiger partial charge in [0.15, 0.2) is 0 Å². The van der Waals surface area contributed by atoms with E-state index in [9.17, 15) is 18.4 Å². The molecule has 0 spiro atoms. The van der Waals surface area contributed by atoms with Crippen LogP contribution in [0, 0.1) is 23.0 Å². The van der Waals surface area contributed by atoms with Gasteiger partial charge >= 0.3 is 11.8 Å². The number of nitriles is 1. The fourth-order valence-corrected chi connectivity index (χ4v) is 1.44. The van der Waals surface area contributed by atoms with E-state index in [-0.39, 0.29) is 12.1 Å². The summed E-state index contributed by atoms with van der Waals surface area (Å²) < 4.78 is 25.9. The van der Waals surface area contributed by atoms with Crippen molar-refractivity contribution in [3.63, 3.8) is 0 Å². The van der Waals surface area contributed by atoms with Crippen LogP contribution in [-0.4, -0.2) is 29.8 Å². The second-order valence-corrected chi connectivity index (χ2v) is 4.24. The molecule has 1 aromatic carbocycles. The van der Waals surface area contributed by atoms with Gasteiger partial charge in [0, 0.05) is 24.8 Å². The van der Waals surface area contributed by atoms with Gasteiger partial charge < -0.3 is 10.2 Å². The normalized spacial score (nSPS) is 11.3. The molecule has 1 rings (SSSR count). The van der Waals surface area contributed by atoms with Crippen LogP contribution in [0.15, 0.2) is 18.2 Å². The van der Waals surface area contributed by atoms with Crippen LogP contribution in [-0.2, 0) is 9.59 Å². The van der Waals surface area contributed by atoms with E-state index in [0.717, 1.165) is 17.0 Å². The predicted octanol–water partition coefficient (Wildman–Crippen LogP) is 1.66. The molecule has 0 aromatic heterocycles. The lowest BCUT2D eigenvalue weighted by Crippen LogP contribution is -2.42. The number of carbonyl (C=O) groups excluding carboxylic acids is 2. The molecule has 1 aromatic rings. The fourth-order valence-electron chi connectivity index (χ4n) is 1.44. The van der Waals surface area contributed by atoms with Crippen molar-refractivity contribution in [3.05, 3.63) is 29.8 Å². The molecule has 7 heteroatoms. The Morgan fingerprint density at radius 1 is 1.35 bits per heavy atom. The van der Waals surface area contributed by atoms with E-state index in [1.165, 1.54) is 7.05 Å². The highest BCUT2D eigenvalue weighted by Crippen LogP contribution is 2.13. The Kier molecular flexibility index (Phi) is 5.15. The van der Waals surface area contributed by atoms with Crippen LogP contribution in [0.3, 0.4) is 0 Å².